The van der Waals surface area contributed by atoms with E-state index in [0.29, 0.717) is 16.5 Å². The lowest BCUT2D eigenvalue weighted by atomic mass is 10.0. The molecule has 0 aliphatic carbocycles. The Morgan fingerprint density at radius 2 is 1.58 bits per heavy atom. The summed E-state index contributed by atoms with van der Waals surface area (Å²) in [7, 11) is 0. The van der Waals surface area contributed by atoms with E-state index < -0.39 is 5.91 Å². The van der Waals surface area contributed by atoms with E-state index in [-0.39, 0.29) is 23.3 Å². The topological polar surface area (TPSA) is 117 Å². The fraction of sp³-hybridized carbons (Fsp3) is 0. The van der Waals surface area contributed by atoms with E-state index in [1.807, 2.05) is 66.7 Å². The van der Waals surface area contributed by atoms with E-state index in [1.54, 1.807) is 12.1 Å². The molecule has 2 heterocycles. The van der Waals surface area contributed by atoms with E-state index in [2.05, 4.69) is 25.4 Å². The van der Waals surface area contributed by atoms with Crippen molar-refractivity contribution < 1.29 is 14.3 Å². The Morgan fingerprint density at radius 3 is 2.32 bits per heavy atom. The number of rotatable bonds is 4. The minimum atomic E-state index is -0.803. The molecule has 0 aliphatic heterocycles. The minimum Gasteiger partial charge on any atom is -0.493 e. The van der Waals surface area contributed by atoms with Crippen LogP contribution < -0.4 is 0 Å². The van der Waals surface area contributed by atoms with Crippen LogP contribution in [0.2, 0.25) is 0 Å². The average Bonchev–Trinajstić information content (AvgIpc) is 3.43. The van der Waals surface area contributed by atoms with E-state index in [1.165, 1.54) is 0 Å². The molecule has 2 aromatic heterocycles. The summed E-state index contributed by atoms with van der Waals surface area (Å²) in [6.45, 7) is 0. The van der Waals surface area contributed by atoms with Gasteiger partial charge in [-0.15, -0.1) is 20.4 Å². The third kappa shape index (κ3) is 3.58. The summed E-state index contributed by atoms with van der Waals surface area (Å²) in [5, 5.41) is 26.1. The van der Waals surface area contributed by atoms with Crippen LogP contribution in [0.3, 0.4) is 0 Å². The van der Waals surface area contributed by atoms with Crippen LogP contribution in [-0.2, 0) is 0 Å². The standard InChI is InChI=1S/C23H15N5O3/c29-20-19(17-13-16(11-12-18(17)24-20)14-7-3-1-4-8-14)25-26-21(30)23-28-27-22(31-23)15-9-5-2-6-10-15/h1-13,24,29H. The number of amides is 1. The van der Waals surface area contributed by atoms with Gasteiger partial charge in [0.1, 0.15) is 0 Å². The van der Waals surface area contributed by atoms with Crippen molar-refractivity contribution in [2.24, 2.45) is 10.2 Å². The van der Waals surface area contributed by atoms with Gasteiger partial charge in [0.2, 0.25) is 11.8 Å². The number of azo groups is 1. The molecule has 31 heavy (non-hydrogen) atoms. The number of nitrogens with one attached hydrogen (secondary N) is 1. The molecule has 5 rings (SSSR count). The van der Waals surface area contributed by atoms with Crippen LogP contribution in [-0.4, -0.2) is 26.2 Å². The average molecular weight is 409 g/mol. The second kappa shape index (κ2) is 7.68. The highest BCUT2D eigenvalue weighted by Gasteiger charge is 2.17. The lowest BCUT2D eigenvalue weighted by Crippen LogP contribution is -1.93. The Morgan fingerprint density at radius 1 is 0.871 bits per heavy atom. The second-order valence-electron chi connectivity index (χ2n) is 6.73. The van der Waals surface area contributed by atoms with Crippen LogP contribution in [0.15, 0.2) is 93.5 Å². The zero-order valence-corrected chi connectivity index (χ0v) is 16.1. The van der Waals surface area contributed by atoms with Gasteiger partial charge in [0, 0.05) is 10.9 Å². The molecule has 8 heteroatoms. The van der Waals surface area contributed by atoms with Crippen LogP contribution >= 0.6 is 0 Å². The van der Waals surface area contributed by atoms with Gasteiger partial charge in [-0.25, -0.2) is 0 Å². The number of hydrogen-bond acceptors (Lipinski definition) is 6. The van der Waals surface area contributed by atoms with Gasteiger partial charge < -0.3 is 14.5 Å². The molecule has 0 radical (unpaired) electrons. The first-order chi connectivity index (χ1) is 15.2. The molecule has 0 saturated heterocycles. The van der Waals surface area contributed by atoms with Crippen LogP contribution in [0, 0.1) is 0 Å². The van der Waals surface area contributed by atoms with Crippen LogP contribution in [0.25, 0.3) is 33.5 Å². The largest absolute Gasteiger partial charge is 0.493 e. The predicted molar refractivity (Wildman–Crippen MR) is 114 cm³/mol. The number of carbonyl (C=O) groups is 1. The van der Waals surface area contributed by atoms with Gasteiger partial charge in [-0.2, -0.15) is 0 Å². The fourth-order valence-electron chi connectivity index (χ4n) is 3.22. The van der Waals surface area contributed by atoms with Crippen molar-refractivity contribution in [3.8, 4) is 28.5 Å². The Labute approximate surface area is 175 Å². The van der Waals surface area contributed by atoms with Crippen molar-refractivity contribution in [3.63, 3.8) is 0 Å². The van der Waals surface area contributed by atoms with Crippen molar-refractivity contribution >= 4 is 22.5 Å². The first kappa shape index (κ1) is 18.4. The van der Waals surface area contributed by atoms with Crippen molar-refractivity contribution in [2.45, 2.75) is 0 Å². The monoisotopic (exact) mass is 409 g/mol. The number of fused-ring (bicyclic) bond motifs is 1. The van der Waals surface area contributed by atoms with Crippen molar-refractivity contribution in [1.29, 1.82) is 0 Å². The van der Waals surface area contributed by atoms with Crippen LogP contribution in [0.5, 0.6) is 5.88 Å². The molecule has 3 aromatic carbocycles. The maximum Gasteiger partial charge on any atom is 0.352 e. The number of carbonyl (C=O) groups excluding carboxylic acids is 1. The lowest BCUT2D eigenvalue weighted by Gasteiger charge is -2.01. The molecule has 0 fully saturated rings. The van der Waals surface area contributed by atoms with Crippen molar-refractivity contribution in [3.05, 3.63) is 84.8 Å². The maximum atomic E-state index is 12.4. The Balaban J connectivity index is 1.45. The number of aromatic nitrogens is 3. The molecule has 0 atom stereocenters. The molecule has 0 bridgehead atoms. The summed E-state index contributed by atoms with van der Waals surface area (Å²) in [6.07, 6.45) is 0. The highest BCUT2D eigenvalue weighted by Crippen LogP contribution is 2.37. The molecular formula is C23H15N5O3. The fourth-order valence-corrected chi connectivity index (χ4v) is 3.22. The highest BCUT2D eigenvalue weighted by molar-refractivity contribution is 5.97. The van der Waals surface area contributed by atoms with E-state index in [4.69, 9.17) is 4.42 Å². The summed E-state index contributed by atoms with van der Waals surface area (Å²) < 4.78 is 5.40. The molecule has 8 nitrogen and oxygen atoms in total. The molecule has 0 spiro atoms. The lowest BCUT2D eigenvalue weighted by molar-refractivity contribution is 0.0962. The molecular weight excluding hydrogens is 394 g/mol. The molecule has 0 saturated carbocycles. The second-order valence-corrected chi connectivity index (χ2v) is 6.73. The first-order valence-corrected chi connectivity index (χ1v) is 9.44. The first-order valence-electron chi connectivity index (χ1n) is 9.44. The van der Waals surface area contributed by atoms with Gasteiger partial charge >= 0.3 is 11.8 Å². The van der Waals surface area contributed by atoms with Crippen molar-refractivity contribution in [2.75, 3.05) is 0 Å². The molecule has 5 aromatic rings. The summed E-state index contributed by atoms with van der Waals surface area (Å²) in [4.78, 5) is 15.2. The molecule has 150 valence electrons. The number of H-pyrrole nitrogens is 1. The molecule has 2 N–H and O–H groups in total. The Bertz CT molecular complexity index is 1410. The third-order valence-corrected chi connectivity index (χ3v) is 4.73. The maximum absolute atomic E-state index is 12.4. The summed E-state index contributed by atoms with van der Waals surface area (Å²) >= 11 is 0. The number of aromatic amines is 1. The van der Waals surface area contributed by atoms with Gasteiger partial charge in [-0.3, -0.25) is 4.79 Å². The quantitative estimate of drug-likeness (QED) is 0.379. The van der Waals surface area contributed by atoms with Crippen LogP contribution in [0.1, 0.15) is 10.7 Å². The van der Waals surface area contributed by atoms with E-state index >= 15 is 0 Å². The minimum absolute atomic E-state index is 0.156. The van der Waals surface area contributed by atoms with Gasteiger partial charge in [0.05, 0.1) is 5.52 Å². The SMILES string of the molecule is O=C(N=Nc1c(O)[nH]c2ccc(-c3ccccc3)cc12)c1nnc(-c2ccccc2)o1. The van der Waals surface area contributed by atoms with Gasteiger partial charge in [-0.1, -0.05) is 54.6 Å². The van der Waals surface area contributed by atoms with Gasteiger partial charge in [0.25, 0.3) is 0 Å². The molecule has 0 unspecified atom stereocenters. The highest BCUT2D eigenvalue weighted by atomic mass is 16.4. The van der Waals surface area contributed by atoms with Crippen molar-refractivity contribution in [1.82, 2.24) is 15.2 Å². The summed E-state index contributed by atoms with van der Waals surface area (Å²) in [5.74, 6) is -1.07. The number of nitrogens with zero attached hydrogens (tertiary/aromatic N) is 4. The number of aromatic hydroxyl groups is 1. The van der Waals surface area contributed by atoms with E-state index in [0.717, 1.165) is 11.1 Å². The number of hydrogen-bond donors (Lipinski definition) is 2. The van der Waals surface area contributed by atoms with Crippen LogP contribution in [0.4, 0.5) is 5.69 Å². The number of benzene rings is 3. The smallest absolute Gasteiger partial charge is 0.352 e. The summed E-state index contributed by atoms with van der Waals surface area (Å²) in [6, 6.07) is 24.5. The van der Waals surface area contributed by atoms with Gasteiger partial charge in [0.15, 0.2) is 5.69 Å². The van der Waals surface area contributed by atoms with E-state index in [9.17, 15) is 9.90 Å². The Hall–Kier alpha value is -4.59. The molecule has 1 amide bonds. The zero-order valence-electron chi connectivity index (χ0n) is 16.1. The normalized spacial score (nSPS) is 11.4. The van der Waals surface area contributed by atoms with Gasteiger partial charge in [-0.05, 0) is 35.4 Å². The predicted octanol–water partition coefficient (Wildman–Crippen LogP) is 5.51. The Kier molecular flexibility index (Phi) is 4.57. The molecule has 0 aliphatic rings. The zero-order chi connectivity index (χ0) is 21.2. The third-order valence-electron chi connectivity index (χ3n) is 4.73. The summed E-state index contributed by atoms with van der Waals surface area (Å²) in [5.41, 5.74) is 3.48.